The van der Waals surface area contributed by atoms with Crippen LogP contribution in [0.4, 0.5) is 4.79 Å². The van der Waals surface area contributed by atoms with Crippen molar-refractivity contribution in [1.29, 1.82) is 0 Å². The molecule has 1 aromatic carbocycles. The molecule has 1 aromatic rings. The van der Waals surface area contributed by atoms with Crippen molar-refractivity contribution in [2.75, 3.05) is 13.9 Å². The molecule has 1 rings (SSSR count). The Hall–Kier alpha value is -0.860. The van der Waals surface area contributed by atoms with Crippen molar-refractivity contribution in [2.24, 2.45) is 5.73 Å². The maximum atomic E-state index is 10.8. The van der Waals surface area contributed by atoms with Gasteiger partial charge in [0.05, 0.1) is 0 Å². The lowest BCUT2D eigenvalue weighted by Gasteiger charge is -2.24. The quantitative estimate of drug-likeness (QED) is 0.621. The van der Waals surface area contributed by atoms with E-state index in [4.69, 9.17) is 19.9 Å². The zero-order valence-electron chi connectivity index (χ0n) is 10.3. The average molecular weight is 365 g/mol. The number of primary amides is 1. The predicted molar refractivity (Wildman–Crippen MR) is 75.0 cm³/mol. The molecule has 0 aliphatic heterocycles. The molecule has 0 heterocycles. The summed E-state index contributed by atoms with van der Waals surface area (Å²) in [6.45, 7) is 1.84. The smallest absolute Gasteiger partial charge is 0.404 e. The molecule has 0 aliphatic rings. The molecule has 100 valence electrons. The molecule has 2 atom stereocenters. The molecule has 1 amide bonds. The molecule has 0 saturated heterocycles. The standard InChI is InChI=1S/C12H16INO4/c1-8(18-12(14)15)11(17-7-16-2)9-5-3-4-6-10(9)13/h3-6,8,11H,7H2,1-2H3,(H2,14,15)/t8-,11+/m0/s1. The van der Waals surface area contributed by atoms with Gasteiger partial charge in [-0.1, -0.05) is 18.2 Å². The van der Waals surface area contributed by atoms with Gasteiger partial charge in [-0.15, -0.1) is 0 Å². The van der Waals surface area contributed by atoms with Crippen LogP contribution in [0.1, 0.15) is 18.6 Å². The van der Waals surface area contributed by atoms with Gasteiger partial charge in [-0.3, -0.25) is 0 Å². The van der Waals surface area contributed by atoms with E-state index in [0.717, 1.165) is 9.13 Å². The highest BCUT2D eigenvalue weighted by Gasteiger charge is 2.24. The largest absolute Gasteiger partial charge is 0.444 e. The molecule has 5 nitrogen and oxygen atoms in total. The first-order valence-electron chi connectivity index (χ1n) is 5.37. The number of nitrogens with two attached hydrogens (primary N) is 1. The molecular weight excluding hydrogens is 349 g/mol. The van der Waals surface area contributed by atoms with Crippen LogP contribution in [0.3, 0.4) is 0 Å². The predicted octanol–water partition coefficient (Wildman–Crippen LogP) is 2.44. The van der Waals surface area contributed by atoms with Crippen molar-refractivity contribution in [1.82, 2.24) is 0 Å². The second kappa shape index (κ2) is 7.55. The maximum absolute atomic E-state index is 10.8. The summed E-state index contributed by atoms with van der Waals surface area (Å²) in [5, 5.41) is 0. The van der Waals surface area contributed by atoms with Crippen molar-refractivity contribution in [3.63, 3.8) is 0 Å². The Balaban J connectivity index is 2.90. The van der Waals surface area contributed by atoms with Crippen LogP contribution in [-0.2, 0) is 14.2 Å². The van der Waals surface area contributed by atoms with Crippen LogP contribution in [0.5, 0.6) is 0 Å². The van der Waals surface area contributed by atoms with Gasteiger partial charge in [0.1, 0.15) is 19.0 Å². The Bertz CT molecular complexity index is 399. The van der Waals surface area contributed by atoms with Crippen molar-refractivity contribution in [3.05, 3.63) is 33.4 Å². The van der Waals surface area contributed by atoms with E-state index in [1.165, 1.54) is 7.11 Å². The fourth-order valence-electron chi connectivity index (χ4n) is 1.57. The zero-order valence-corrected chi connectivity index (χ0v) is 12.4. The van der Waals surface area contributed by atoms with Gasteiger partial charge in [0, 0.05) is 10.7 Å². The zero-order chi connectivity index (χ0) is 13.5. The molecule has 0 aliphatic carbocycles. The minimum absolute atomic E-state index is 0.113. The van der Waals surface area contributed by atoms with E-state index in [9.17, 15) is 4.79 Å². The van der Waals surface area contributed by atoms with Gasteiger partial charge >= 0.3 is 6.09 Å². The van der Waals surface area contributed by atoms with Crippen molar-refractivity contribution < 1.29 is 19.0 Å². The number of hydrogen-bond acceptors (Lipinski definition) is 4. The third kappa shape index (κ3) is 4.43. The second-order valence-electron chi connectivity index (χ2n) is 3.66. The van der Waals surface area contributed by atoms with Crippen LogP contribution >= 0.6 is 22.6 Å². The van der Waals surface area contributed by atoms with E-state index >= 15 is 0 Å². The third-order valence-corrected chi connectivity index (χ3v) is 3.29. The summed E-state index contributed by atoms with van der Waals surface area (Å²) in [6.07, 6.45) is -1.72. The first-order chi connectivity index (χ1) is 8.56. The normalized spacial score (nSPS) is 13.9. The average Bonchev–Trinajstić information content (AvgIpc) is 2.31. The first-order valence-corrected chi connectivity index (χ1v) is 6.45. The van der Waals surface area contributed by atoms with Gasteiger partial charge in [0.2, 0.25) is 0 Å². The van der Waals surface area contributed by atoms with E-state index in [2.05, 4.69) is 22.6 Å². The monoisotopic (exact) mass is 365 g/mol. The van der Waals surface area contributed by atoms with Crippen molar-refractivity contribution >= 4 is 28.7 Å². The third-order valence-electron chi connectivity index (χ3n) is 2.31. The Labute approximate surface area is 120 Å². The number of methoxy groups -OCH3 is 1. The molecule has 0 fully saturated rings. The number of halogens is 1. The van der Waals surface area contributed by atoms with E-state index in [0.29, 0.717) is 0 Å². The highest BCUT2D eigenvalue weighted by atomic mass is 127. The van der Waals surface area contributed by atoms with E-state index in [-0.39, 0.29) is 6.79 Å². The summed E-state index contributed by atoms with van der Waals surface area (Å²) >= 11 is 2.20. The highest BCUT2D eigenvalue weighted by molar-refractivity contribution is 14.1. The minimum Gasteiger partial charge on any atom is -0.444 e. The SMILES string of the molecule is COCO[C@@H](c1ccccc1I)[C@H](C)OC(N)=O. The van der Waals surface area contributed by atoms with Crippen LogP contribution in [0.25, 0.3) is 0 Å². The van der Waals surface area contributed by atoms with Gasteiger partial charge in [-0.25, -0.2) is 4.79 Å². The number of hydrogen-bond donors (Lipinski definition) is 1. The number of rotatable bonds is 6. The lowest BCUT2D eigenvalue weighted by Crippen LogP contribution is -2.28. The molecule has 0 bridgehead atoms. The van der Waals surface area contributed by atoms with Crippen molar-refractivity contribution in [3.8, 4) is 0 Å². The van der Waals surface area contributed by atoms with Gasteiger partial charge in [0.25, 0.3) is 0 Å². The molecule has 6 heteroatoms. The lowest BCUT2D eigenvalue weighted by molar-refractivity contribution is -0.111. The second-order valence-corrected chi connectivity index (χ2v) is 4.82. The number of benzene rings is 1. The van der Waals surface area contributed by atoms with E-state index < -0.39 is 18.3 Å². The van der Waals surface area contributed by atoms with Crippen LogP contribution in [0, 0.1) is 3.57 Å². The van der Waals surface area contributed by atoms with Gasteiger partial charge in [-0.05, 0) is 41.1 Å². The molecule has 0 aromatic heterocycles. The Morgan fingerprint density at radius 2 is 2.11 bits per heavy atom. The Kier molecular flexibility index (Phi) is 6.37. The Morgan fingerprint density at radius 3 is 2.67 bits per heavy atom. The molecule has 0 spiro atoms. The maximum Gasteiger partial charge on any atom is 0.404 e. The van der Waals surface area contributed by atoms with Gasteiger partial charge in [0.15, 0.2) is 0 Å². The number of carbonyl (C=O) groups excluding carboxylic acids is 1. The molecule has 0 unspecified atom stereocenters. The molecule has 2 N–H and O–H groups in total. The highest BCUT2D eigenvalue weighted by Crippen LogP contribution is 2.27. The van der Waals surface area contributed by atoms with Crippen LogP contribution in [-0.4, -0.2) is 26.1 Å². The fraction of sp³-hybridized carbons (Fsp3) is 0.417. The molecular formula is C12H16INO4. The summed E-state index contributed by atoms with van der Waals surface area (Å²) in [6, 6.07) is 7.70. The summed E-state index contributed by atoms with van der Waals surface area (Å²) in [5.41, 5.74) is 5.96. The minimum atomic E-state index is -0.820. The van der Waals surface area contributed by atoms with Crippen LogP contribution in [0.15, 0.2) is 24.3 Å². The van der Waals surface area contributed by atoms with Gasteiger partial charge in [-0.2, -0.15) is 0 Å². The lowest BCUT2D eigenvalue weighted by atomic mass is 10.1. The molecule has 0 saturated carbocycles. The van der Waals surface area contributed by atoms with Crippen molar-refractivity contribution in [2.45, 2.75) is 19.1 Å². The summed E-state index contributed by atoms with van der Waals surface area (Å²) in [7, 11) is 1.53. The summed E-state index contributed by atoms with van der Waals surface area (Å²) in [5.74, 6) is 0. The number of carbonyl (C=O) groups is 1. The molecule has 0 radical (unpaired) electrons. The summed E-state index contributed by atoms with van der Waals surface area (Å²) < 4.78 is 16.5. The van der Waals surface area contributed by atoms with E-state index in [1.807, 2.05) is 24.3 Å². The Morgan fingerprint density at radius 1 is 1.44 bits per heavy atom. The van der Waals surface area contributed by atoms with E-state index in [1.54, 1.807) is 6.92 Å². The van der Waals surface area contributed by atoms with Crippen LogP contribution in [0.2, 0.25) is 0 Å². The number of amides is 1. The first kappa shape index (κ1) is 15.2. The fourth-order valence-corrected chi connectivity index (χ4v) is 2.26. The summed E-state index contributed by atoms with van der Waals surface area (Å²) in [4.78, 5) is 10.8. The number of ether oxygens (including phenoxy) is 3. The van der Waals surface area contributed by atoms with Crippen LogP contribution < -0.4 is 5.73 Å². The van der Waals surface area contributed by atoms with Gasteiger partial charge < -0.3 is 19.9 Å². The molecule has 18 heavy (non-hydrogen) atoms. The topological polar surface area (TPSA) is 70.8 Å².